The Hall–Kier alpha value is -2.72. The second-order valence-corrected chi connectivity index (χ2v) is 5.20. The van der Waals surface area contributed by atoms with Crippen LogP contribution in [-0.4, -0.2) is 55.9 Å². The molecule has 0 atom stereocenters. The van der Waals surface area contributed by atoms with Gasteiger partial charge in [0.1, 0.15) is 5.69 Å². The van der Waals surface area contributed by atoms with Gasteiger partial charge >= 0.3 is 6.18 Å². The summed E-state index contributed by atoms with van der Waals surface area (Å²) in [6, 6.07) is 1.31. The highest BCUT2D eigenvalue weighted by atomic mass is 19.4. The van der Waals surface area contributed by atoms with Crippen LogP contribution in [0.25, 0.3) is 5.78 Å². The lowest BCUT2D eigenvalue weighted by molar-refractivity contribution is -0.144. The molecule has 2 aromatic heterocycles. The van der Waals surface area contributed by atoms with Crippen molar-refractivity contribution in [1.82, 2.24) is 29.8 Å². The maximum Gasteiger partial charge on any atom is 0.453 e. The smallest absolute Gasteiger partial charge is 0.355 e. The Morgan fingerprint density at radius 2 is 1.96 bits per heavy atom. The van der Waals surface area contributed by atoms with E-state index in [1.54, 1.807) is 13.8 Å². The largest absolute Gasteiger partial charge is 0.453 e. The van der Waals surface area contributed by atoms with Gasteiger partial charge in [0.15, 0.2) is 0 Å². The Balaban J connectivity index is 2.45. The van der Waals surface area contributed by atoms with Crippen molar-refractivity contribution in [3.05, 3.63) is 23.3 Å². The lowest BCUT2D eigenvalue weighted by Crippen LogP contribution is -2.41. The summed E-state index contributed by atoms with van der Waals surface area (Å²) in [7, 11) is 0. The molecule has 2 heterocycles. The molecule has 0 aliphatic rings. The fraction of sp³-hybridized carbons (Fsp3) is 0.500. The molecule has 0 aromatic carbocycles. The molecular weight excluding hydrogens is 341 g/mol. The van der Waals surface area contributed by atoms with Crippen LogP contribution in [0.15, 0.2) is 6.07 Å². The standard InChI is InChI=1S/C14H17F3N6O2/c1-4-18-10(24)7-22(5-2)11(25)9-6-8(3)19-13-20-12(14(15,16)17)21-23(9)13/h6H,4-5,7H2,1-3H3,(H,18,24). The average Bonchev–Trinajstić information content (AvgIpc) is 2.95. The van der Waals surface area contributed by atoms with Crippen molar-refractivity contribution in [2.24, 2.45) is 0 Å². The summed E-state index contributed by atoms with van der Waals surface area (Å²) in [5, 5.41) is 5.91. The second kappa shape index (κ2) is 7.03. The van der Waals surface area contributed by atoms with E-state index in [0.29, 0.717) is 12.2 Å². The van der Waals surface area contributed by atoms with Gasteiger partial charge in [-0.1, -0.05) is 0 Å². The quantitative estimate of drug-likeness (QED) is 0.862. The minimum Gasteiger partial charge on any atom is -0.355 e. The van der Waals surface area contributed by atoms with E-state index in [4.69, 9.17) is 0 Å². The highest BCUT2D eigenvalue weighted by Crippen LogP contribution is 2.26. The van der Waals surface area contributed by atoms with Gasteiger partial charge in [-0.05, 0) is 26.8 Å². The molecule has 2 rings (SSSR count). The van der Waals surface area contributed by atoms with E-state index < -0.39 is 17.9 Å². The molecule has 11 heteroatoms. The molecule has 136 valence electrons. The normalized spacial score (nSPS) is 11.6. The van der Waals surface area contributed by atoms with Gasteiger partial charge in [-0.3, -0.25) is 9.59 Å². The van der Waals surface area contributed by atoms with Crippen LogP contribution in [0.5, 0.6) is 0 Å². The molecule has 0 aliphatic carbocycles. The van der Waals surface area contributed by atoms with E-state index in [-0.39, 0.29) is 30.5 Å². The first-order valence-corrected chi connectivity index (χ1v) is 7.55. The number of hydrogen-bond donors (Lipinski definition) is 1. The van der Waals surface area contributed by atoms with Gasteiger partial charge in [-0.25, -0.2) is 4.98 Å². The van der Waals surface area contributed by atoms with Gasteiger partial charge in [0, 0.05) is 18.8 Å². The van der Waals surface area contributed by atoms with Gasteiger partial charge in [0.25, 0.3) is 17.5 Å². The number of likely N-dealkylation sites (N-methyl/N-ethyl adjacent to an activating group) is 2. The lowest BCUT2D eigenvalue weighted by atomic mass is 10.3. The van der Waals surface area contributed by atoms with Crippen molar-refractivity contribution in [2.45, 2.75) is 26.9 Å². The molecule has 0 spiro atoms. The van der Waals surface area contributed by atoms with E-state index in [2.05, 4.69) is 20.4 Å². The molecule has 2 aromatic rings. The Kier molecular flexibility index (Phi) is 5.24. The van der Waals surface area contributed by atoms with Crippen molar-refractivity contribution >= 4 is 17.6 Å². The summed E-state index contributed by atoms with van der Waals surface area (Å²) < 4.78 is 39.2. The SMILES string of the molecule is CCNC(=O)CN(CC)C(=O)c1cc(C)nc2nc(C(F)(F)F)nn12. The third-order valence-corrected chi connectivity index (χ3v) is 3.29. The highest BCUT2D eigenvalue weighted by Gasteiger charge is 2.37. The van der Waals surface area contributed by atoms with Crippen LogP contribution in [0.3, 0.4) is 0 Å². The first kappa shape index (κ1) is 18.6. The third kappa shape index (κ3) is 4.03. The molecule has 0 bridgehead atoms. The fourth-order valence-electron chi connectivity index (χ4n) is 2.17. The Morgan fingerprint density at radius 1 is 1.28 bits per heavy atom. The number of aromatic nitrogens is 4. The number of aryl methyl sites for hydroxylation is 1. The maximum atomic E-state index is 12.8. The van der Waals surface area contributed by atoms with E-state index >= 15 is 0 Å². The van der Waals surface area contributed by atoms with E-state index in [1.165, 1.54) is 17.9 Å². The Bertz CT molecular complexity index is 802. The van der Waals surface area contributed by atoms with Crippen LogP contribution in [-0.2, 0) is 11.0 Å². The van der Waals surface area contributed by atoms with Crippen molar-refractivity contribution in [3.63, 3.8) is 0 Å². The number of nitrogens with zero attached hydrogens (tertiary/aromatic N) is 5. The minimum atomic E-state index is -4.76. The summed E-state index contributed by atoms with van der Waals surface area (Å²) in [5.41, 5.74) is 0.169. The van der Waals surface area contributed by atoms with Gasteiger partial charge in [-0.2, -0.15) is 22.7 Å². The molecule has 2 amide bonds. The van der Waals surface area contributed by atoms with Crippen LogP contribution < -0.4 is 5.32 Å². The molecule has 0 unspecified atom stereocenters. The molecule has 0 aliphatic heterocycles. The molecule has 1 N–H and O–H groups in total. The number of halogens is 3. The minimum absolute atomic E-state index is 0.142. The summed E-state index contributed by atoms with van der Waals surface area (Å²) in [6.07, 6.45) is -4.76. The first-order valence-electron chi connectivity index (χ1n) is 7.55. The monoisotopic (exact) mass is 358 g/mol. The Labute approximate surface area is 141 Å². The number of alkyl halides is 3. The van der Waals surface area contributed by atoms with Crippen molar-refractivity contribution in [2.75, 3.05) is 19.6 Å². The number of carbonyl (C=O) groups is 2. The number of carbonyl (C=O) groups excluding carboxylic acids is 2. The predicted molar refractivity (Wildman–Crippen MR) is 80.8 cm³/mol. The molecule has 8 nitrogen and oxygen atoms in total. The van der Waals surface area contributed by atoms with Crippen LogP contribution >= 0.6 is 0 Å². The zero-order valence-corrected chi connectivity index (χ0v) is 13.9. The van der Waals surface area contributed by atoms with Gasteiger partial charge in [-0.15, -0.1) is 5.10 Å². The summed E-state index contributed by atoms with van der Waals surface area (Å²) in [6.45, 7) is 5.30. The van der Waals surface area contributed by atoms with Crippen LogP contribution in [0, 0.1) is 6.92 Å². The van der Waals surface area contributed by atoms with Crippen molar-refractivity contribution < 1.29 is 22.8 Å². The molecule has 25 heavy (non-hydrogen) atoms. The molecular formula is C14H17F3N6O2. The van der Waals surface area contributed by atoms with E-state index in [9.17, 15) is 22.8 Å². The summed E-state index contributed by atoms with van der Waals surface area (Å²) in [4.78, 5) is 32.8. The molecule has 0 saturated carbocycles. The number of fused-ring (bicyclic) bond motifs is 1. The van der Waals surface area contributed by atoms with E-state index in [1.807, 2.05) is 0 Å². The maximum absolute atomic E-state index is 12.8. The number of amides is 2. The zero-order chi connectivity index (χ0) is 18.8. The highest BCUT2D eigenvalue weighted by molar-refractivity contribution is 5.95. The number of hydrogen-bond acceptors (Lipinski definition) is 5. The fourth-order valence-corrected chi connectivity index (χ4v) is 2.17. The Morgan fingerprint density at radius 3 is 2.52 bits per heavy atom. The predicted octanol–water partition coefficient (Wildman–Crippen LogP) is 1.05. The van der Waals surface area contributed by atoms with Crippen molar-refractivity contribution in [3.8, 4) is 0 Å². The van der Waals surface area contributed by atoms with Crippen LogP contribution in [0.1, 0.15) is 35.9 Å². The molecule has 0 fully saturated rings. The van der Waals surface area contributed by atoms with Gasteiger partial charge in [0.2, 0.25) is 5.91 Å². The van der Waals surface area contributed by atoms with Crippen molar-refractivity contribution in [1.29, 1.82) is 0 Å². The van der Waals surface area contributed by atoms with Gasteiger partial charge in [0.05, 0.1) is 6.54 Å². The summed E-state index contributed by atoms with van der Waals surface area (Å²) in [5.74, 6) is -2.71. The van der Waals surface area contributed by atoms with Crippen LogP contribution in [0.2, 0.25) is 0 Å². The van der Waals surface area contributed by atoms with E-state index in [0.717, 1.165) is 4.52 Å². The zero-order valence-electron chi connectivity index (χ0n) is 13.9. The van der Waals surface area contributed by atoms with Gasteiger partial charge < -0.3 is 10.2 Å². The molecule has 0 saturated heterocycles. The third-order valence-electron chi connectivity index (χ3n) is 3.29. The van der Waals surface area contributed by atoms with Crippen LogP contribution in [0.4, 0.5) is 13.2 Å². The second-order valence-electron chi connectivity index (χ2n) is 5.20. The number of nitrogens with one attached hydrogen (secondary N) is 1. The molecule has 0 radical (unpaired) electrons. The summed E-state index contributed by atoms with van der Waals surface area (Å²) >= 11 is 0. The average molecular weight is 358 g/mol. The number of rotatable bonds is 5. The topological polar surface area (TPSA) is 92.5 Å². The lowest BCUT2D eigenvalue weighted by Gasteiger charge is -2.20. The first-order chi connectivity index (χ1) is 11.7.